The van der Waals surface area contributed by atoms with Crippen LogP contribution in [-0.2, 0) is 21.9 Å². The van der Waals surface area contributed by atoms with Crippen LogP contribution in [0.25, 0.3) is 10.9 Å². The van der Waals surface area contributed by atoms with Crippen molar-refractivity contribution in [2.45, 2.75) is 37.6 Å². The van der Waals surface area contributed by atoms with E-state index in [9.17, 15) is 13.2 Å². The van der Waals surface area contributed by atoms with E-state index in [4.69, 9.17) is 0 Å². The van der Waals surface area contributed by atoms with Crippen molar-refractivity contribution in [3.05, 3.63) is 30.5 Å². The predicted octanol–water partition coefficient (Wildman–Crippen LogP) is 2.10. The molecule has 25 heavy (non-hydrogen) atoms. The van der Waals surface area contributed by atoms with Gasteiger partial charge in [0.2, 0.25) is 15.9 Å². The van der Waals surface area contributed by atoms with Crippen LogP contribution in [0.1, 0.15) is 26.7 Å². The zero-order valence-electron chi connectivity index (χ0n) is 14.9. The molecule has 7 heteroatoms. The van der Waals surface area contributed by atoms with Crippen molar-refractivity contribution < 1.29 is 13.2 Å². The number of piperidine rings is 1. The highest BCUT2D eigenvalue weighted by Crippen LogP contribution is 2.26. The molecule has 0 spiro atoms. The number of nitrogens with zero attached hydrogens (tertiary/aromatic N) is 2. The third-order valence-electron chi connectivity index (χ3n) is 4.68. The van der Waals surface area contributed by atoms with Crippen molar-refractivity contribution in [1.82, 2.24) is 14.2 Å². The van der Waals surface area contributed by atoms with E-state index in [2.05, 4.69) is 5.32 Å². The summed E-state index contributed by atoms with van der Waals surface area (Å²) in [5.74, 6) is -0.347. The van der Waals surface area contributed by atoms with Crippen molar-refractivity contribution in [1.29, 1.82) is 0 Å². The van der Waals surface area contributed by atoms with Crippen LogP contribution < -0.4 is 5.32 Å². The molecule has 1 aliphatic heterocycles. The molecule has 0 unspecified atom stereocenters. The van der Waals surface area contributed by atoms with Crippen molar-refractivity contribution >= 4 is 26.8 Å². The van der Waals surface area contributed by atoms with E-state index in [1.807, 2.05) is 43.8 Å². The molecule has 1 atom stereocenters. The number of amides is 1. The molecule has 6 nitrogen and oxygen atoms in total. The minimum absolute atomic E-state index is 0.0555. The average Bonchev–Trinajstić information content (AvgIpc) is 2.95. The number of sulfonamides is 1. The number of nitrogens with one attached hydrogen (secondary N) is 1. The maximum absolute atomic E-state index is 13.0. The second-order valence-corrected chi connectivity index (χ2v) is 8.95. The molecular weight excluding hydrogens is 338 g/mol. The van der Waals surface area contributed by atoms with Crippen LogP contribution in [0.5, 0.6) is 0 Å². The van der Waals surface area contributed by atoms with Crippen molar-refractivity contribution in [3.8, 4) is 0 Å². The van der Waals surface area contributed by atoms with E-state index in [1.165, 1.54) is 4.31 Å². The van der Waals surface area contributed by atoms with Crippen LogP contribution >= 0.6 is 0 Å². The highest BCUT2D eigenvalue weighted by Gasteiger charge is 2.33. The molecule has 136 valence electrons. The number of carbonyl (C=O) groups excluding carboxylic acids is 1. The van der Waals surface area contributed by atoms with E-state index < -0.39 is 10.0 Å². The van der Waals surface area contributed by atoms with Gasteiger partial charge in [0, 0.05) is 43.3 Å². The lowest BCUT2D eigenvalue weighted by Crippen LogP contribution is -2.46. The summed E-state index contributed by atoms with van der Waals surface area (Å²) in [5, 5.41) is 3.79. The quantitative estimate of drug-likeness (QED) is 0.904. The van der Waals surface area contributed by atoms with Crippen LogP contribution in [0.4, 0.5) is 0 Å². The third kappa shape index (κ3) is 3.57. The second kappa shape index (κ2) is 6.80. The Bertz CT molecular complexity index is 886. The number of benzene rings is 1. The number of fused-ring (bicyclic) bond motifs is 1. The molecule has 1 saturated heterocycles. The summed E-state index contributed by atoms with van der Waals surface area (Å²) in [7, 11) is -1.67. The molecule has 1 fully saturated rings. The van der Waals surface area contributed by atoms with Gasteiger partial charge in [-0.15, -0.1) is 0 Å². The van der Waals surface area contributed by atoms with Gasteiger partial charge in [-0.3, -0.25) is 4.79 Å². The van der Waals surface area contributed by atoms with Gasteiger partial charge in [-0.25, -0.2) is 8.42 Å². The maximum Gasteiger partial charge on any atom is 0.243 e. The first-order valence-corrected chi connectivity index (χ1v) is 10.1. The van der Waals surface area contributed by atoms with Gasteiger partial charge in [-0.2, -0.15) is 4.31 Å². The van der Waals surface area contributed by atoms with Crippen molar-refractivity contribution in [2.24, 2.45) is 13.0 Å². The number of aromatic nitrogens is 1. The maximum atomic E-state index is 13.0. The lowest BCUT2D eigenvalue weighted by molar-refractivity contribution is -0.126. The van der Waals surface area contributed by atoms with E-state index >= 15 is 0 Å². The Kier molecular flexibility index (Phi) is 4.88. The van der Waals surface area contributed by atoms with Gasteiger partial charge in [0.25, 0.3) is 0 Å². The molecule has 1 aliphatic rings. The summed E-state index contributed by atoms with van der Waals surface area (Å²) in [6, 6.07) is 7.15. The zero-order chi connectivity index (χ0) is 18.2. The van der Waals surface area contributed by atoms with Crippen LogP contribution in [-0.4, -0.2) is 42.3 Å². The van der Waals surface area contributed by atoms with Gasteiger partial charge in [0.15, 0.2) is 0 Å². The SMILES string of the molecule is CC(C)NC(=O)[C@H]1CCCN(S(=O)(=O)c2ccc3c(ccn3C)c2)C1. The number of rotatable bonds is 4. The number of aryl methyl sites for hydroxylation is 1. The Balaban J connectivity index is 1.84. The fourth-order valence-electron chi connectivity index (χ4n) is 3.35. The Morgan fingerprint density at radius 1 is 1.28 bits per heavy atom. The normalized spacial score (nSPS) is 19.4. The molecule has 1 amide bonds. The lowest BCUT2D eigenvalue weighted by Gasteiger charge is -2.31. The van der Waals surface area contributed by atoms with Gasteiger partial charge >= 0.3 is 0 Å². The zero-order valence-corrected chi connectivity index (χ0v) is 15.7. The number of carbonyl (C=O) groups is 1. The van der Waals surface area contributed by atoms with Gasteiger partial charge in [-0.1, -0.05) is 0 Å². The molecule has 3 rings (SSSR count). The monoisotopic (exact) mass is 363 g/mol. The highest BCUT2D eigenvalue weighted by molar-refractivity contribution is 7.89. The third-order valence-corrected chi connectivity index (χ3v) is 6.54. The molecule has 2 aromatic rings. The number of hydrogen-bond acceptors (Lipinski definition) is 3. The first-order valence-electron chi connectivity index (χ1n) is 8.64. The largest absolute Gasteiger partial charge is 0.354 e. The smallest absolute Gasteiger partial charge is 0.243 e. The predicted molar refractivity (Wildman–Crippen MR) is 97.7 cm³/mol. The molecule has 0 aliphatic carbocycles. The highest BCUT2D eigenvalue weighted by atomic mass is 32.2. The summed E-state index contributed by atoms with van der Waals surface area (Å²) < 4.78 is 29.4. The number of hydrogen-bond donors (Lipinski definition) is 1. The second-order valence-electron chi connectivity index (χ2n) is 7.01. The molecule has 0 radical (unpaired) electrons. The van der Waals surface area contributed by atoms with Crippen molar-refractivity contribution in [3.63, 3.8) is 0 Å². The summed E-state index contributed by atoms with van der Waals surface area (Å²) in [6.45, 7) is 4.52. The van der Waals surface area contributed by atoms with Gasteiger partial charge in [0.05, 0.1) is 10.8 Å². The van der Waals surface area contributed by atoms with Crippen LogP contribution in [0.15, 0.2) is 35.4 Å². The first-order chi connectivity index (χ1) is 11.8. The Morgan fingerprint density at radius 3 is 2.76 bits per heavy atom. The fourth-order valence-corrected chi connectivity index (χ4v) is 4.91. The lowest BCUT2D eigenvalue weighted by atomic mass is 9.98. The van der Waals surface area contributed by atoms with Crippen LogP contribution in [0.3, 0.4) is 0 Å². The Labute approximate surface area is 148 Å². The Hall–Kier alpha value is -1.86. The van der Waals surface area contributed by atoms with Crippen molar-refractivity contribution in [2.75, 3.05) is 13.1 Å². The topological polar surface area (TPSA) is 71.4 Å². The van der Waals surface area contributed by atoms with E-state index in [1.54, 1.807) is 12.1 Å². The minimum Gasteiger partial charge on any atom is -0.354 e. The molecule has 1 aromatic heterocycles. The molecule has 2 heterocycles. The van der Waals surface area contributed by atoms with Gasteiger partial charge < -0.3 is 9.88 Å². The van der Waals surface area contributed by atoms with E-state index in [0.717, 1.165) is 17.3 Å². The van der Waals surface area contributed by atoms with Gasteiger partial charge in [-0.05, 0) is 51.0 Å². The van der Waals surface area contributed by atoms with E-state index in [0.29, 0.717) is 13.0 Å². The first kappa shape index (κ1) is 17.9. The minimum atomic E-state index is -3.60. The summed E-state index contributed by atoms with van der Waals surface area (Å²) in [4.78, 5) is 12.5. The van der Waals surface area contributed by atoms with E-state index in [-0.39, 0.29) is 29.3 Å². The molecule has 1 aromatic carbocycles. The molecule has 0 saturated carbocycles. The standard InChI is InChI=1S/C18H25N3O3S/c1-13(2)19-18(22)15-5-4-9-21(12-15)25(23,24)16-6-7-17-14(11-16)8-10-20(17)3/h6-8,10-11,13,15H,4-5,9,12H2,1-3H3,(H,19,22)/t15-/m0/s1. The fraction of sp³-hybridized carbons (Fsp3) is 0.500. The summed E-state index contributed by atoms with van der Waals surface area (Å²) in [6.07, 6.45) is 3.33. The van der Waals surface area contributed by atoms with Gasteiger partial charge in [0.1, 0.15) is 0 Å². The molecular formula is C18H25N3O3S. The Morgan fingerprint density at radius 2 is 2.04 bits per heavy atom. The summed E-state index contributed by atoms with van der Waals surface area (Å²) in [5.41, 5.74) is 0.992. The average molecular weight is 363 g/mol. The molecule has 0 bridgehead atoms. The summed E-state index contributed by atoms with van der Waals surface area (Å²) >= 11 is 0. The van der Waals surface area contributed by atoms with Crippen LogP contribution in [0, 0.1) is 5.92 Å². The molecule has 1 N–H and O–H groups in total. The van der Waals surface area contributed by atoms with Crippen LogP contribution in [0.2, 0.25) is 0 Å².